The first-order valence-electron chi connectivity index (χ1n) is 10.9. The fourth-order valence-corrected chi connectivity index (χ4v) is 3.06. The Labute approximate surface area is 194 Å². The molecule has 0 spiro atoms. The summed E-state index contributed by atoms with van der Waals surface area (Å²) < 4.78 is 11.0. The lowest BCUT2D eigenvalue weighted by atomic mass is 10.1. The van der Waals surface area contributed by atoms with Gasteiger partial charge in [-0.05, 0) is 48.9 Å². The summed E-state index contributed by atoms with van der Waals surface area (Å²) in [7, 11) is 0. The molecule has 0 saturated carbocycles. The third-order valence-electron chi connectivity index (χ3n) is 4.74. The SMILES string of the molecule is CCOCCOc1ccccc1NCC(=O)Nc1ccc(C(=O)NCc2ccccc2)cc1. The lowest BCUT2D eigenvalue weighted by Crippen LogP contribution is -2.23. The van der Waals surface area contributed by atoms with E-state index in [0.717, 1.165) is 11.3 Å². The molecule has 0 atom stereocenters. The van der Waals surface area contributed by atoms with E-state index in [9.17, 15) is 9.59 Å². The molecule has 3 aromatic rings. The Morgan fingerprint density at radius 2 is 1.58 bits per heavy atom. The number of hydrogen-bond acceptors (Lipinski definition) is 5. The molecule has 2 amide bonds. The molecule has 0 fully saturated rings. The minimum absolute atomic E-state index is 0.0746. The minimum atomic E-state index is -0.208. The van der Waals surface area contributed by atoms with Gasteiger partial charge in [0, 0.05) is 24.4 Å². The van der Waals surface area contributed by atoms with Crippen LogP contribution in [0.3, 0.4) is 0 Å². The highest BCUT2D eigenvalue weighted by atomic mass is 16.5. The molecule has 7 heteroatoms. The Hall–Kier alpha value is -3.84. The minimum Gasteiger partial charge on any atom is -0.489 e. The number of amides is 2. The van der Waals surface area contributed by atoms with Crippen LogP contribution < -0.4 is 20.7 Å². The summed E-state index contributed by atoms with van der Waals surface area (Å²) in [5, 5.41) is 8.80. The maximum Gasteiger partial charge on any atom is 0.251 e. The quantitative estimate of drug-likeness (QED) is 0.364. The summed E-state index contributed by atoms with van der Waals surface area (Å²) in [5.41, 5.74) is 2.90. The van der Waals surface area contributed by atoms with Gasteiger partial charge in [0.25, 0.3) is 5.91 Å². The van der Waals surface area contributed by atoms with Gasteiger partial charge < -0.3 is 25.4 Å². The largest absolute Gasteiger partial charge is 0.489 e. The van der Waals surface area contributed by atoms with Crippen LogP contribution in [0.2, 0.25) is 0 Å². The highest BCUT2D eigenvalue weighted by molar-refractivity contribution is 5.96. The molecule has 3 rings (SSSR count). The highest BCUT2D eigenvalue weighted by Crippen LogP contribution is 2.23. The zero-order chi connectivity index (χ0) is 23.3. The van der Waals surface area contributed by atoms with E-state index in [1.807, 2.05) is 61.5 Å². The van der Waals surface area contributed by atoms with Crippen LogP contribution in [0, 0.1) is 0 Å². The van der Waals surface area contributed by atoms with Crippen molar-refractivity contribution in [1.82, 2.24) is 5.32 Å². The van der Waals surface area contributed by atoms with Crippen LogP contribution in [0.4, 0.5) is 11.4 Å². The Morgan fingerprint density at radius 1 is 0.848 bits per heavy atom. The molecule has 0 aromatic heterocycles. The second kappa shape index (κ2) is 12.9. The molecule has 3 N–H and O–H groups in total. The number of hydrogen-bond donors (Lipinski definition) is 3. The third-order valence-corrected chi connectivity index (χ3v) is 4.74. The van der Waals surface area contributed by atoms with Gasteiger partial charge in [0.05, 0.1) is 18.8 Å². The Balaban J connectivity index is 1.46. The fraction of sp³-hybridized carbons (Fsp3) is 0.231. The second-order valence-corrected chi connectivity index (χ2v) is 7.19. The predicted molar refractivity (Wildman–Crippen MR) is 130 cm³/mol. The molecule has 0 aliphatic rings. The Kier molecular flexibility index (Phi) is 9.29. The molecule has 0 heterocycles. The van der Waals surface area contributed by atoms with Crippen LogP contribution >= 0.6 is 0 Å². The summed E-state index contributed by atoms with van der Waals surface area (Å²) in [6, 6.07) is 23.9. The van der Waals surface area contributed by atoms with Gasteiger partial charge >= 0.3 is 0 Å². The van der Waals surface area contributed by atoms with Crippen LogP contribution in [0.15, 0.2) is 78.9 Å². The standard InChI is InChI=1S/C26H29N3O4/c1-2-32-16-17-33-24-11-7-6-10-23(24)27-19-25(30)29-22-14-12-21(13-15-22)26(31)28-18-20-8-4-3-5-9-20/h3-15,27H,2,16-19H2,1H3,(H,28,31)(H,29,30). The number of carbonyl (C=O) groups excluding carboxylic acids is 2. The van der Waals surface area contributed by atoms with Crippen molar-refractivity contribution in [2.24, 2.45) is 0 Å². The van der Waals surface area contributed by atoms with Gasteiger partial charge in [-0.25, -0.2) is 0 Å². The van der Waals surface area contributed by atoms with E-state index >= 15 is 0 Å². The Bertz CT molecular complexity index is 1020. The van der Waals surface area contributed by atoms with E-state index in [1.54, 1.807) is 24.3 Å². The maximum atomic E-state index is 12.4. The maximum absolute atomic E-state index is 12.4. The molecule has 0 radical (unpaired) electrons. The lowest BCUT2D eigenvalue weighted by Gasteiger charge is -2.13. The van der Waals surface area contributed by atoms with E-state index in [-0.39, 0.29) is 18.4 Å². The normalized spacial score (nSPS) is 10.3. The van der Waals surface area contributed by atoms with Gasteiger partial charge in [0.2, 0.25) is 5.91 Å². The average Bonchev–Trinajstić information content (AvgIpc) is 2.85. The molecule has 0 aliphatic heterocycles. The van der Waals surface area contributed by atoms with Crippen molar-refractivity contribution in [1.29, 1.82) is 0 Å². The number of ether oxygens (including phenoxy) is 2. The summed E-state index contributed by atoms with van der Waals surface area (Å²) >= 11 is 0. The molecule has 172 valence electrons. The molecule has 0 bridgehead atoms. The van der Waals surface area contributed by atoms with E-state index in [2.05, 4.69) is 16.0 Å². The molecular weight excluding hydrogens is 418 g/mol. The van der Waals surface area contributed by atoms with Crippen LogP contribution in [0.1, 0.15) is 22.8 Å². The van der Waals surface area contributed by atoms with Gasteiger partial charge in [-0.3, -0.25) is 9.59 Å². The monoisotopic (exact) mass is 447 g/mol. The number of nitrogens with one attached hydrogen (secondary N) is 3. The molecule has 0 unspecified atom stereocenters. The van der Waals surface area contributed by atoms with Gasteiger partial charge in [0.15, 0.2) is 0 Å². The molecule has 33 heavy (non-hydrogen) atoms. The average molecular weight is 448 g/mol. The van der Waals surface area contributed by atoms with Crippen LogP contribution in [0.5, 0.6) is 5.75 Å². The highest BCUT2D eigenvalue weighted by Gasteiger charge is 2.08. The summed E-state index contributed by atoms with van der Waals surface area (Å²) in [4.78, 5) is 24.7. The van der Waals surface area contributed by atoms with Crippen molar-refractivity contribution >= 4 is 23.2 Å². The lowest BCUT2D eigenvalue weighted by molar-refractivity contribution is -0.114. The van der Waals surface area contributed by atoms with E-state index in [0.29, 0.717) is 43.4 Å². The number of carbonyl (C=O) groups is 2. The van der Waals surface area contributed by atoms with E-state index < -0.39 is 0 Å². The predicted octanol–water partition coefficient (Wildman–Crippen LogP) is 4.08. The molecule has 0 saturated heterocycles. The zero-order valence-corrected chi connectivity index (χ0v) is 18.7. The van der Waals surface area contributed by atoms with Gasteiger partial charge in [0.1, 0.15) is 12.4 Å². The van der Waals surface area contributed by atoms with Gasteiger partial charge in [-0.2, -0.15) is 0 Å². The van der Waals surface area contributed by atoms with Crippen LogP contribution in [-0.4, -0.2) is 38.2 Å². The molecule has 3 aromatic carbocycles. The molecule has 7 nitrogen and oxygen atoms in total. The van der Waals surface area contributed by atoms with Crippen LogP contribution in [0.25, 0.3) is 0 Å². The van der Waals surface area contributed by atoms with Crippen molar-refractivity contribution in [2.45, 2.75) is 13.5 Å². The summed E-state index contributed by atoms with van der Waals surface area (Å²) in [5.74, 6) is 0.288. The van der Waals surface area contributed by atoms with E-state index in [4.69, 9.17) is 9.47 Å². The van der Waals surface area contributed by atoms with Crippen molar-refractivity contribution in [3.8, 4) is 5.75 Å². The second-order valence-electron chi connectivity index (χ2n) is 7.19. The van der Waals surface area contributed by atoms with Gasteiger partial charge in [-0.1, -0.05) is 42.5 Å². The first-order chi connectivity index (χ1) is 16.2. The summed E-state index contributed by atoms with van der Waals surface area (Å²) in [6.07, 6.45) is 0. The smallest absolute Gasteiger partial charge is 0.251 e. The number of anilines is 2. The summed E-state index contributed by atoms with van der Waals surface area (Å²) in [6.45, 7) is 4.05. The fourth-order valence-electron chi connectivity index (χ4n) is 3.06. The zero-order valence-electron chi connectivity index (χ0n) is 18.7. The Morgan fingerprint density at radius 3 is 2.33 bits per heavy atom. The topological polar surface area (TPSA) is 88.7 Å². The van der Waals surface area contributed by atoms with Gasteiger partial charge in [-0.15, -0.1) is 0 Å². The number of benzene rings is 3. The van der Waals surface area contributed by atoms with Crippen molar-refractivity contribution < 1.29 is 19.1 Å². The van der Waals surface area contributed by atoms with Crippen LogP contribution in [-0.2, 0) is 16.1 Å². The van der Waals surface area contributed by atoms with Crippen molar-refractivity contribution in [2.75, 3.05) is 37.0 Å². The third kappa shape index (κ3) is 7.97. The number of para-hydroxylation sites is 2. The van der Waals surface area contributed by atoms with Crippen molar-refractivity contribution in [3.05, 3.63) is 90.0 Å². The van der Waals surface area contributed by atoms with E-state index in [1.165, 1.54) is 0 Å². The first kappa shape index (κ1) is 23.8. The molecule has 0 aliphatic carbocycles. The molecular formula is C26H29N3O4. The van der Waals surface area contributed by atoms with Crippen molar-refractivity contribution in [3.63, 3.8) is 0 Å². The first-order valence-corrected chi connectivity index (χ1v) is 10.9. The number of rotatable bonds is 12.